The molecule has 5 nitrogen and oxygen atoms in total. The number of nitrogens with two attached hydrogens (primary N) is 1. The molecule has 2 aliphatic rings. The Balaban J connectivity index is 1.78. The Bertz CT molecular complexity index is 503. The van der Waals surface area contributed by atoms with Crippen molar-refractivity contribution in [1.82, 2.24) is 0 Å². The molecule has 5 heteroatoms. The summed E-state index contributed by atoms with van der Waals surface area (Å²) in [7, 11) is 0. The third kappa shape index (κ3) is 2.38. The molecule has 0 bridgehead atoms. The van der Waals surface area contributed by atoms with Crippen molar-refractivity contribution in [3.05, 3.63) is 18.2 Å². The molecule has 1 heterocycles. The average molecular weight is 261 g/mol. The summed E-state index contributed by atoms with van der Waals surface area (Å²) in [6.07, 6.45) is 2.90. The zero-order valence-corrected chi connectivity index (χ0v) is 11.0. The molecule has 1 saturated carbocycles. The minimum Gasteiger partial charge on any atom is -0.479 e. The van der Waals surface area contributed by atoms with Crippen LogP contribution in [0.15, 0.2) is 18.2 Å². The molecule has 1 aliphatic carbocycles. The third-order valence-corrected chi connectivity index (χ3v) is 3.83. The molecule has 4 N–H and O–H groups in total. The van der Waals surface area contributed by atoms with Crippen molar-refractivity contribution in [2.45, 2.75) is 44.4 Å². The Labute approximate surface area is 112 Å². The van der Waals surface area contributed by atoms with Gasteiger partial charge in [-0.3, -0.25) is 4.79 Å². The summed E-state index contributed by atoms with van der Waals surface area (Å²) in [5, 5.41) is 6.29. The number of hydrogen-bond acceptors (Lipinski definition) is 4. The molecule has 0 radical (unpaired) electrons. The fourth-order valence-electron chi connectivity index (χ4n) is 2.68. The maximum absolute atomic E-state index is 11.6. The van der Waals surface area contributed by atoms with Crippen molar-refractivity contribution in [3.8, 4) is 5.75 Å². The van der Waals surface area contributed by atoms with Gasteiger partial charge in [0.2, 0.25) is 0 Å². The van der Waals surface area contributed by atoms with Gasteiger partial charge < -0.3 is 21.1 Å². The number of hydrogen-bond donors (Lipinski definition) is 3. The van der Waals surface area contributed by atoms with Crippen molar-refractivity contribution in [2.24, 2.45) is 5.73 Å². The fraction of sp³-hybridized carbons (Fsp3) is 0.500. The van der Waals surface area contributed by atoms with Gasteiger partial charge >= 0.3 is 0 Å². The maximum Gasteiger partial charge on any atom is 0.265 e. The van der Waals surface area contributed by atoms with Gasteiger partial charge in [0.15, 0.2) is 6.10 Å². The van der Waals surface area contributed by atoms with Crippen molar-refractivity contribution in [1.29, 1.82) is 0 Å². The first-order valence-corrected chi connectivity index (χ1v) is 6.77. The number of rotatable bonds is 2. The number of benzene rings is 1. The normalized spacial score (nSPS) is 29.4. The molecule has 3 unspecified atom stereocenters. The molecule has 1 aliphatic heterocycles. The van der Waals surface area contributed by atoms with E-state index in [-0.39, 0.29) is 11.9 Å². The molecule has 1 amide bonds. The van der Waals surface area contributed by atoms with Crippen molar-refractivity contribution in [2.75, 3.05) is 10.6 Å². The predicted molar refractivity (Wildman–Crippen MR) is 74.4 cm³/mol. The number of anilines is 2. The number of ether oxygens (including phenoxy) is 1. The second-order valence-electron chi connectivity index (χ2n) is 5.31. The monoisotopic (exact) mass is 261 g/mol. The molecule has 19 heavy (non-hydrogen) atoms. The van der Waals surface area contributed by atoms with Crippen LogP contribution in [0.1, 0.15) is 26.2 Å². The summed E-state index contributed by atoms with van der Waals surface area (Å²) in [6.45, 7) is 1.74. The van der Waals surface area contributed by atoms with E-state index in [1.807, 2.05) is 18.2 Å². The Morgan fingerprint density at radius 2 is 2.26 bits per heavy atom. The topological polar surface area (TPSA) is 76.4 Å². The number of nitrogens with one attached hydrogen (secondary N) is 2. The smallest absolute Gasteiger partial charge is 0.265 e. The van der Waals surface area contributed by atoms with Crippen molar-refractivity contribution < 1.29 is 9.53 Å². The lowest BCUT2D eigenvalue weighted by molar-refractivity contribution is -0.122. The first-order chi connectivity index (χ1) is 9.13. The van der Waals surface area contributed by atoms with Gasteiger partial charge in [-0.1, -0.05) is 0 Å². The summed E-state index contributed by atoms with van der Waals surface area (Å²) in [4.78, 5) is 11.6. The number of carbonyl (C=O) groups is 1. The fourth-order valence-corrected chi connectivity index (χ4v) is 2.68. The van der Waals surface area contributed by atoms with Crippen LogP contribution in [0.4, 0.5) is 11.4 Å². The van der Waals surface area contributed by atoms with Gasteiger partial charge in [-0.25, -0.2) is 0 Å². The maximum atomic E-state index is 11.6. The van der Waals surface area contributed by atoms with E-state index in [4.69, 9.17) is 10.5 Å². The molecule has 3 atom stereocenters. The van der Waals surface area contributed by atoms with Gasteiger partial charge in [-0.15, -0.1) is 0 Å². The molecule has 3 rings (SSSR count). The molecule has 0 aromatic heterocycles. The van der Waals surface area contributed by atoms with Crippen LogP contribution < -0.4 is 21.1 Å². The second kappa shape index (κ2) is 4.74. The lowest BCUT2D eigenvalue weighted by atomic mass is 10.1. The summed E-state index contributed by atoms with van der Waals surface area (Å²) in [5.41, 5.74) is 7.74. The number of amides is 1. The van der Waals surface area contributed by atoms with Crippen LogP contribution >= 0.6 is 0 Å². The van der Waals surface area contributed by atoms with Crippen molar-refractivity contribution in [3.63, 3.8) is 0 Å². The minimum atomic E-state index is -0.436. The van der Waals surface area contributed by atoms with Crippen LogP contribution in [-0.4, -0.2) is 24.1 Å². The first-order valence-electron chi connectivity index (χ1n) is 6.77. The molecule has 1 aromatic rings. The third-order valence-electron chi connectivity index (χ3n) is 3.83. The van der Waals surface area contributed by atoms with E-state index in [1.165, 1.54) is 6.42 Å². The summed E-state index contributed by atoms with van der Waals surface area (Å²) < 4.78 is 5.53. The zero-order valence-electron chi connectivity index (χ0n) is 11.0. The standard InChI is InChI=1S/C14H19N3O2/c1-8-14(18)17-12-7-9(5-6-13(12)19-8)16-11-4-2-3-10(11)15/h5-8,10-11,16H,2-4,15H2,1H3,(H,17,18). The Morgan fingerprint density at radius 1 is 1.42 bits per heavy atom. The number of fused-ring (bicyclic) bond motifs is 1. The summed E-state index contributed by atoms with van der Waals surface area (Å²) in [5.74, 6) is 0.607. The van der Waals surface area contributed by atoms with Crippen molar-refractivity contribution >= 4 is 17.3 Å². The zero-order chi connectivity index (χ0) is 13.4. The highest BCUT2D eigenvalue weighted by molar-refractivity contribution is 5.98. The van der Waals surface area contributed by atoms with E-state index < -0.39 is 6.10 Å². The highest BCUT2D eigenvalue weighted by Crippen LogP contribution is 2.33. The number of carbonyl (C=O) groups excluding carboxylic acids is 1. The Kier molecular flexibility index (Phi) is 3.06. The molecule has 1 fully saturated rings. The van der Waals surface area contributed by atoms with Gasteiger partial charge in [0.1, 0.15) is 5.75 Å². The first kappa shape index (κ1) is 12.3. The van der Waals surface area contributed by atoms with Crippen LogP contribution in [0.3, 0.4) is 0 Å². The molecular formula is C14H19N3O2. The summed E-state index contributed by atoms with van der Waals surface area (Å²) >= 11 is 0. The quantitative estimate of drug-likeness (QED) is 0.757. The van der Waals surface area contributed by atoms with Gasteiger partial charge in [-0.2, -0.15) is 0 Å². The highest BCUT2D eigenvalue weighted by atomic mass is 16.5. The average Bonchev–Trinajstić information content (AvgIpc) is 2.77. The van der Waals surface area contributed by atoms with E-state index in [0.717, 1.165) is 24.2 Å². The SMILES string of the molecule is CC1Oc2ccc(NC3CCCC3N)cc2NC1=O. The van der Waals surface area contributed by atoms with Gasteiger partial charge in [0.25, 0.3) is 5.91 Å². The Hall–Kier alpha value is -1.75. The van der Waals surface area contributed by atoms with E-state index in [9.17, 15) is 4.79 Å². The second-order valence-corrected chi connectivity index (χ2v) is 5.31. The Morgan fingerprint density at radius 3 is 3.00 bits per heavy atom. The lowest BCUT2D eigenvalue weighted by Crippen LogP contribution is -2.36. The lowest BCUT2D eigenvalue weighted by Gasteiger charge is -2.25. The van der Waals surface area contributed by atoms with E-state index in [0.29, 0.717) is 11.8 Å². The van der Waals surface area contributed by atoms with Gasteiger partial charge in [0, 0.05) is 17.8 Å². The minimum absolute atomic E-state index is 0.109. The van der Waals surface area contributed by atoms with E-state index >= 15 is 0 Å². The van der Waals surface area contributed by atoms with Crippen LogP contribution in [0, 0.1) is 0 Å². The van der Waals surface area contributed by atoms with Crippen LogP contribution in [0.2, 0.25) is 0 Å². The van der Waals surface area contributed by atoms with Crippen LogP contribution in [0.5, 0.6) is 5.75 Å². The van der Waals surface area contributed by atoms with E-state index in [2.05, 4.69) is 10.6 Å². The molecular weight excluding hydrogens is 242 g/mol. The van der Waals surface area contributed by atoms with Crippen LogP contribution in [0.25, 0.3) is 0 Å². The van der Waals surface area contributed by atoms with Crippen LogP contribution in [-0.2, 0) is 4.79 Å². The molecule has 0 saturated heterocycles. The highest BCUT2D eigenvalue weighted by Gasteiger charge is 2.26. The van der Waals surface area contributed by atoms with Gasteiger partial charge in [0.05, 0.1) is 5.69 Å². The van der Waals surface area contributed by atoms with E-state index in [1.54, 1.807) is 6.92 Å². The largest absolute Gasteiger partial charge is 0.479 e. The predicted octanol–water partition coefficient (Wildman–Crippen LogP) is 1.70. The van der Waals surface area contributed by atoms with Gasteiger partial charge in [-0.05, 0) is 44.4 Å². The summed E-state index contributed by atoms with van der Waals surface area (Å²) in [6, 6.07) is 6.28. The molecule has 0 spiro atoms. The molecule has 102 valence electrons. The molecule has 1 aromatic carbocycles.